The SMILES string of the molecule is Cc1ccc(Cl)c(Nc2ccc(C#N)cc2)c1Cl. The van der Waals surface area contributed by atoms with Gasteiger partial charge in [-0.15, -0.1) is 0 Å². The van der Waals surface area contributed by atoms with Crippen LogP contribution in [0.1, 0.15) is 11.1 Å². The molecule has 0 spiro atoms. The van der Waals surface area contributed by atoms with Crippen LogP contribution in [0.25, 0.3) is 0 Å². The van der Waals surface area contributed by atoms with E-state index in [-0.39, 0.29) is 0 Å². The lowest BCUT2D eigenvalue weighted by Gasteiger charge is -2.12. The van der Waals surface area contributed by atoms with Crippen molar-refractivity contribution in [3.8, 4) is 6.07 Å². The molecule has 0 aliphatic rings. The highest BCUT2D eigenvalue weighted by Gasteiger charge is 2.08. The Morgan fingerprint density at radius 2 is 1.72 bits per heavy atom. The number of nitriles is 1. The summed E-state index contributed by atoms with van der Waals surface area (Å²) < 4.78 is 0. The fraction of sp³-hybridized carbons (Fsp3) is 0.0714. The average Bonchev–Trinajstić information content (AvgIpc) is 2.40. The molecule has 0 radical (unpaired) electrons. The molecule has 0 atom stereocenters. The van der Waals surface area contributed by atoms with Gasteiger partial charge >= 0.3 is 0 Å². The molecule has 18 heavy (non-hydrogen) atoms. The van der Waals surface area contributed by atoms with Gasteiger partial charge in [0.15, 0.2) is 0 Å². The molecule has 0 saturated carbocycles. The van der Waals surface area contributed by atoms with Crippen LogP contribution < -0.4 is 5.32 Å². The molecule has 0 heterocycles. The van der Waals surface area contributed by atoms with Crippen molar-refractivity contribution in [2.75, 3.05) is 5.32 Å². The smallest absolute Gasteiger partial charge is 0.0991 e. The number of anilines is 2. The number of nitrogens with zero attached hydrogens (tertiary/aromatic N) is 1. The van der Waals surface area contributed by atoms with E-state index in [1.165, 1.54) is 0 Å². The minimum atomic E-state index is 0.565. The summed E-state index contributed by atoms with van der Waals surface area (Å²) in [6, 6.07) is 12.8. The van der Waals surface area contributed by atoms with E-state index in [2.05, 4.69) is 11.4 Å². The first-order chi connectivity index (χ1) is 8.61. The Balaban J connectivity index is 2.34. The fourth-order valence-electron chi connectivity index (χ4n) is 1.54. The summed E-state index contributed by atoms with van der Waals surface area (Å²) in [6.45, 7) is 1.92. The second-order valence-electron chi connectivity index (χ2n) is 3.87. The lowest BCUT2D eigenvalue weighted by molar-refractivity contribution is 1.44. The van der Waals surface area contributed by atoms with Gasteiger partial charge in [-0.2, -0.15) is 5.26 Å². The minimum Gasteiger partial charge on any atom is -0.353 e. The van der Waals surface area contributed by atoms with E-state index in [1.54, 1.807) is 18.2 Å². The molecule has 0 bridgehead atoms. The fourth-order valence-corrected chi connectivity index (χ4v) is 2.01. The van der Waals surface area contributed by atoms with E-state index in [0.29, 0.717) is 21.3 Å². The lowest BCUT2D eigenvalue weighted by atomic mass is 10.2. The molecular weight excluding hydrogens is 267 g/mol. The van der Waals surface area contributed by atoms with Crippen LogP contribution in [0.2, 0.25) is 10.0 Å². The molecule has 0 aliphatic heterocycles. The second kappa shape index (κ2) is 5.30. The topological polar surface area (TPSA) is 35.8 Å². The third-order valence-corrected chi connectivity index (χ3v) is 3.37. The number of aryl methyl sites for hydroxylation is 1. The monoisotopic (exact) mass is 276 g/mol. The molecule has 90 valence electrons. The molecule has 2 nitrogen and oxygen atoms in total. The maximum atomic E-state index is 8.73. The summed E-state index contributed by atoms with van der Waals surface area (Å²) in [5, 5.41) is 13.1. The molecule has 2 rings (SSSR count). The van der Waals surface area contributed by atoms with Crippen molar-refractivity contribution in [3.05, 3.63) is 57.6 Å². The van der Waals surface area contributed by atoms with Gasteiger partial charge in [-0.05, 0) is 42.8 Å². The molecular formula is C14H10Cl2N2. The molecule has 2 aromatic carbocycles. The van der Waals surface area contributed by atoms with Gasteiger partial charge in [-0.1, -0.05) is 29.3 Å². The summed E-state index contributed by atoms with van der Waals surface area (Å²) in [5.74, 6) is 0. The van der Waals surface area contributed by atoms with Gasteiger partial charge in [0.25, 0.3) is 0 Å². The highest BCUT2D eigenvalue weighted by Crippen LogP contribution is 2.35. The molecule has 0 amide bonds. The van der Waals surface area contributed by atoms with Crippen molar-refractivity contribution in [2.45, 2.75) is 6.92 Å². The van der Waals surface area contributed by atoms with E-state index in [1.807, 2.05) is 25.1 Å². The standard InChI is InChI=1S/C14H10Cl2N2/c1-9-2-7-12(15)14(13(9)16)18-11-5-3-10(8-17)4-6-11/h2-7,18H,1H3. The average molecular weight is 277 g/mol. The van der Waals surface area contributed by atoms with Crippen LogP contribution in [0, 0.1) is 18.3 Å². The van der Waals surface area contributed by atoms with Crippen LogP contribution in [0.5, 0.6) is 0 Å². The van der Waals surface area contributed by atoms with Gasteiger partial charge in [-0.25, -0.2) is 0 Å². The molecule has 0 saturated heterocycles. The van der Waals surface area contributed by atoms with E-state index < -0.39 is 0 Å². The quantitative estimate of drug-likeness (QED) is 0.845. The molecule has 1 N–H and O–H groups in total. The van der Waals surface area contributed by atoms with Gasteiger partial charge in [0.2, 0.25) is 0 Å². The summed E-state index contributed by atoms with van der Waals surface area (Å²) in [7, 11) is 0. The molecule has 0 aliphatic carbocycles. The van der Waals surface area contributed by atoms with Crippen molar-refractivity contribution in [1.29, 1.82) is 5.26 Å². The Morgan fingerprint density at radius 1 is 1.06 bits per heavy atom. The summed E-state index contributed by atoms with van der Waals surface area (Å²) >= 11 is 12.3. The van der Waals surface area contributed by atoms with E-state index in [4.69, 9.17) is 28.5 Å². The van der Waals surface area contributed by atoms with Gasteiger partial charge in [0, 0.05) is 5.69 Å². The van der Waals surface area contributed by atoms with Crippen LogP contribution in [0.3, 0.4) is 0 Å². The van der Waals surface area contributed by atoms with E-state index in [9.17, 15) is 0 Å². The predicted molar refractivity (Wildman–Crippen MR) is 75.6 cm³/mol. The first kappa shape index (κ1) is 12.8. The summed E-state index contributed by atoms with van der Waals surface area (Å²) in [5.41, 5.74) is 3.09. The Morgan fingerprint density at radius 3 is 2.33 bits per heavy atom. The highest BCUT2D eigenvalue weighted by atomic mass is 35.5. The molecule has 0 fully saturated rings. The van der Waals surface area contributed by atoms with Crippen molar-refractivity contribution >= 4 is 34.6 Å². The Bertz CT molecular complexity index is 613. The van der Waals surface area contributed by atoms with Gasteiger partial charge in [0.05, 0.1) is 27.4 Å². The zero-order valence-electron chi connectivity index (χ0n) is 9.67. The van der Waals surface area contributed by atoms with Crippen LogP contribution in [-0.4, -0.2) is 0 Å². The highest BCUT2D eigenvalue weighted by molar-refractivity contribution is 6.39. The summed E-state index contributed by atoms with van der Waals surface area (Å²) in [4.78, 5) is 0. The maximum Gasteiger partial charge on any atom is 0.0991 e. The second-order valence-corrected chi connectivity index (χ2v) is 4.65. The number of benzene rings is 2. The molecule has 2 aromatic rings. The van der Waals surface area contributed by atoms with Crippen molar-refractivity contribution < 1.29 is 0 Å². The van der Waals surface area contributed by atoms with Crippen LogP contribution >= 0.6 is 23.2 Å². The largest absolute Gasteiger partial charge is 0.353 e. The van der Waals surface area contributed by atoms with E-state index in [0.717, 1.165) is 11.3 Å². The van der Waals surface area contributed by atoms with Gasteiger partial charge < -0.3 is 5.32 Å². The molecule has 0 aromatic heterocycles. The number of hydrogen-bond donors (Lipinski definition) is 1. The maximum absolute atomic E-state index is 8.73. The number of nitrogens with one attached hydrogen (secondary N) is 1. The zero-order valence-corrected chi connectivity index (χ0v) is 11.2. The van der Waals surface area contributed by atoms with Crippen LogP contribution in [0.15, 0.2) is 36.4 Å². The first-order valence-corrected chi connectivity index (χ1v) is 6.09. The van der Waals surface area contributed by atoms with Crippen LogP contribution in [-0.2, 0) is 0 Å². The van der Waals surface area contributed by atoms with E-state index >= 15 is 0 Å². The number of rotatable bonds is 2. The van der Waals surface area contributed by atoms with Gasteiger partial charge in [-0.3, -0.25) is 0 Å². The minimum absolute atomic E-state index is 0.565. The third kappa shape index (κ3) is 2.59. The van der Waals surface area contributed by atoms with Crippen molar-refractivity contribution in [3.63, 3.8) is 0 Å². The predicted octanol–water partition coefficient (Wildman–Crippen LogP) is 4.92. The third-order valence-electron chi connectivity index (χ3n) is 2.57. The van der Waals surface area contributed by atoms with Crippen LogP contribution in [0.4, 0.5) is 11.4 Å². The normalized spacial score (nSPS) is 9.89. The lowest BCUT2D eigenvalue weighted by Crippen LogP contribution is -1.93. The molecule has 4 heteroatoms. The van der Waals surface area contributed by atoms with Crippen molar-refractivity contribution in [2.24, 2.45) is 0 Å². The Hall–Kier alpha value is -1.69. The zero-order chi connectivity index (χ0) is 13.1. The summed E-state index contributed by atoms with van der Waals surface area (Å²) in [6.07, 6.45) is 0. The van der Waals surface area contributed by atoms with Gasteiger partial charge in [0.1, 0.15) is 0 Å². The molecule has 0 unspecified atom stereocenters. The Kier molecular flexibility index (Phi) is 3.76. The van der Waals surface area contributed by atoms with Crippen molar-refractivity contribution in [1.82, 2.24) is 0 Å². The number of halogens is 2. The number of hydrogen-bond acceptors (Lipinski definition) is 2. The first-order valence-electron chi connectivity index (χ1n) is 5.33. The Labute approximate surface area is 116 Å².